The molecule has 0 radical (unpaired) electrons. The van der Waals surface area contributed by atoms with Crippen LogP contribution in [-0.2, 0) is 6.54 Å². The number of fused-ring (bicyclic) bond motifs is 1. The normalized spacial score (nSPS) is 14.4. The Morgan fingerprint density at radius 1 is 0.921 bits per heavy atom. The molecule has 6 rings (SSSR count). The molecule has 0 atom stereocenters. The van der Waals surface area contributed by atoms with Gasteiger partial charge in [-0.05, 0) is 66.9 Å². The van der Waals surface area contributed by atoms with Gasteiger partial charge in [0.05, 0.1) is 5.56 Å². The van der Waals surface area contributed by atoms with Crippen molar-refractivity contribution in [2.45, 2.75) is 25.4 Å². The quantitative estimate of drug-likeness (QED) is 0.351. The lowest BCUT2D eigenvalue weighted by molar-refractivity contribution is 0.211. The summed E-state index contributed by atoms with van der Waals surface area (Å²) in [5, 5.41) is 12.6. The van der Waals surface area contributed by atoms with Crippen molar-refractivity contribution in [3.05, 3.63) is 90.4 Å². The third kappa shape index (κ3) is 4.77. The summed E-state index contributed by atoms with van der Waals surface area (Å²) >= 11 is 0. The molecule has 9 nitrogen and oxygen atoms in total. The van der Waals surface area contributed by atoms with Gasteiger partial charge in [-0.3, -0.25) is 9.47 Å². The Kier molecular flexibility index (Phi) is 6.38. The number of pyridine rings is 3. The van der Waals surface area contributed by atoms with Crippen molar-refractivity contribution in [1.29, 1.82) is 5.26 Å². The number of anilines is 2. The number of rotatable bonds is 6. The molecule has 0 unspecified atom stereocenters. The number of likely N-dealkylation sites (tertiary alicyclic amines) is 1. The number of hydrogen-bond donors (Lipinski definition) is 2. The van der Waals surface area contributed by atoms with Gasteiger partial charge in [0.1, 0.15) is 28.9 Å². The first kappa shape index (κ1) is 23.6. The number of piperidine rings is 1. The van der Waals surface area contributed by atoms with Gasteiger partial charge in [-0.2, -0.15) is 5.26 Å². The topological polar surface area (TPSA) is 122 Å². The summed E-state index contributed by atoms with van der Waals surface area (Å²) in [6, 6.07) is 24.2. The van der Waals surface area contributed by atoms with E-state index in [0.717, 1.165) is 66.5 Å². The minimum absolute atomic E-state index is 0.357. The Balaban J connectivity index is 1.16. The monoisotopic (exact) mass is 501 g/mol. The molecule has 4 aromatic heterocycles. The maximum absolute atomic E-state index is 9.08. The fraction of sp³-hybridized carbons (Fsp3) is 0.207. The molecule has 1 aliphatic heterocycles. The Labute approximate surface area is 220 Å². The molecule has 0 saturated carbocycles. The summed E-state index contributed by atoms with van der Waals surface area (Å²) in [4.78, 5) is 20.5. The Hall–Kier alpha value is -4.81. The number of nitriles is 1. The number of nitrogens with one attached hydrogen (secondary N) is 1. The number of hydrogen-bond acceptors (Lipinski definition) is 8. The molecule has 0 amide bonds. The van der Waals surface area contributed by atoms with Crippen molar-refractivity contribution >= 4 is 22.8 Å². The zero-order valence-electron chi connectivity index (χ0n) is 20.8. The summed E-state index contributed by atoms with van der Waals surface area (Å²) in [6.45, 7) is 2.89. The molecule has 9 heteroatoms. The van der Waals surface area contributed by atoms with E-state index in [9.17, 15) is 0 Å². The number of imidazole rings is 1. The van der Waals surface area contributed by atoms with Crippen LogP contribution in [0.3, 0.4) is 0 Å². The average molecular weight is 502 g/mol. The van der Waals surface area contributed by atoms with Gasteiger partial charge in [-0.1, -0.05) is 18.2 Å². The lowest BCUT2D eigenvalue weighted by Gasteiger charge is -2.32. The molecule has 188 valence electrons. The van der Waals surface area contributed by atoms with Crippen molar-refractivity contribution in [3.8, 4) is 23.1 Å². The third-order valence-corrected chi connectivity index (χ3v) is 6.90. The summed E-state index contributed by atoms with van der Waals surface area (Å²) < 4.78 is 2.04. The smallest absolute Gasteiger partial charge is 0.164 e. The molecule has 5 aromatic rings. The molecule has 1 aromatic carbocycles. The van der Waals surface area contributed by atoms with E-state index in [4.69, 9.17) is 16.0 Å². The molecule has 0 aliphatic carbocycles. The zero-order chi connectivity index (χ0) is 25.9. The molecular formula is C29H27N9. The maximum Gasteiger partial charge on any atom is 0.164 e. The van der Waals surface area contributed by atoms with E-state index < -0.39 is 0 Å². The van der Waals surface area contributed by atoms with Crippen molar-refractivity contribution in [2.75, 3.05) is 24.1 Å². The molecule has 1 saturated heterocycles. The van der Waals surface area contributed by atoms with Crippen LogP contribution in [0.2, 0.25) is 0 Å². The first-order valence-corrected chi connectivity index (χ1v) is 12.7. The summed E-state index contributed by atoms with van der Waals surface area (Å²) in [5.74, 6) is 1.93. The van der Waals surface area contributed by atoms with Crippen LogP contribution in [-0.4, -0.2) is 48.5 Å². The number of nitrogens with two attached hydrogens (primary N) is 1. The van der Waals surface area contributed by atoms with E-state index in [2.05, 4.69) is 55.5 Å². The van der Waals surface area contributed by atoms with Gasteiger partial charge >= 0.3 is 0 Å². The van der Waals surface area contributed by atoms with Gasteiger partial charge in [0.25, 0.3) is 0 Å². The van der Waals surface area contributed by atoms with Gasteiger partial charge in [-0.15, -0.1) is 0 Å². The Morgan fingerprint density at radius 2 is 1.71 bits per heavy atom. The van der Waals surface area contributed by atoms with Crippen molar-refractivity contribution in [3.63, 3.8) is 0 Å². The molecule has 0 bridgehead atoms. The highest BCUT2D eigenvalue weighted by molar-refractivity contribution is 5.82. The van der Waals surface area contributed by atoms with Crippen LogP contribution in [0.5, 0.6) is 0 Å². The third-order valence-electron chi connectivity index (χ3n) is 6.90. The summed E-state index contributed by atoms with van der Waals surface area (Å²) in [7, 11) is 0. The minimum atomic E-state index is 0.357. The number of benzene rings is 1. The molecule has 1 aliphatic rings. The van der Waals surface area contributed by atoms with E-state index >= 15 is 0 Å². The molecule has 38 heavy (non-hydrogen) atoms. The van der Waals surface area contributed by atoms with Crippen LogP contribution in [0.25, 0.3) is 28.2 Å². The number of nitrogens with zero attached hydrogens (tertiary/aromatic N) is 7. The van der Waals surface area contributed by atoms with Gasteiger partial charge in [0.2, 0.25) is 0 Å². The van der Waals surface area contributed by atoms with Crippen LogP contribution in [0, 0.1) is 11.3 Å². The van der Waals surface area contributed by atoms with Gasteiger partial charge in [-0.25, -0.2) is 19.9 Å². The second-order valence-corrected chi connectivity index (χ2v) is 9.43. The highest BCUT2D eigenvalue weighted by Crippen LogP contribution is 2.30. The largest absolute Gasteiger partial charge is 0.383 e. The van der Waals surface area contributed by atoms with Crippen molar-refractivity contribution in [2.24, 2.45) is 0 Å². The zero-order valence-corrected chi connectivity index (χ0v) is 20.8. The van der Waals surface area contributed by atoms with Crippen LogP contribution < -0.4 is 11.1 Å². The molecule has 5 heterocycles. The maximum atomic E-state index is 9.08. The molecule has 1 fully saturated rings. The van der Waals surface area contributed by atoms with Gasteiger partial charge in [0, 0.05) is 43.8 Å². The SMILES string of the molecule is N#Cc1cccc(NC2CCN(Cc3ccc(-n4c(-c5cccnc5N)nc5cccnc54)cc3)CC2)n1. The number of aromatic nitrogens is 5. The fourth-order valence-corrected chi connectivity index (χ4v) is 4.97. The first-order chi connectivity index (χ1) is 18.7. The van der Waals surface area contributed by atoms with Crippen LogP contribution >= 0.6 is 0 Å². The van der Waals surface area contributed by atoms with Crippen molar-refractivity contribution in [1.82, 2.24) is 29.4 Å². The molecular weight excluding hydrogens is 474 g/mol. The van der Waals surface area contributed by atoms with Crippen molar-refractivity contribution < 1.29 is 0 Å². The highest BCUT2D eigenvalue weighted by atomic mass is 15.2. The van der Waals surface area contributed by atoms with E-state index in [1.165, 1.54) is 5.56 Å². The van der Waals surface area contributed by atoms with E-state index in [1.54, 1.807) is 18.5 Å². The van der Waals surface area contributed by atoms with E-state index in [-0.39, 0.29) is 0 Å². The molecule has 3 N–H and O–H groups in total. The Morgan fingerprint density at radius 3 is 2.50 bits per heavy atom. The van der Waals surface area contributed by atoms with Crippen LogP contribution in [0.4, 0.5) is 11.6 Å². The van der Waals surface area contributed by atoms with Gasteiger partial charge in [0.15, 0.2) is 11.5 Å². The minimum Gasteiger partial charge on any atom is -0.383 e. The standard InChI is InChI=1S/C29H27N9/c30-18-22-4-1-7-26(35-22)34-21-12-16-37(17-13-21)19-20-8-10-23(11-9-20)38-28(24-5-2-14-32-27(24)31)36-25-6-3-15-33-29(25)38/h1-11,14-15,21H,12-13,16-17,19H2,(H2,31,32)(H,34,35). The van der Waals surface area contributed by atoms with E-state index in [0.29, 0.717) is 17.6 Å². The first-order valence-electron chi connectivity index (χ1n) is 12.7. The lowest BCUT2D eigenvalue weighted by Crippen LogP contribution is -2.38. The second kappa shape index (κ2) is 10.3. The van der Waals surface area contributed by atoms with Crippen LogP contribution in [0.15, 0.2) is 79.1 Å². The highest BCUT2D eigenvalue weighted by Gasteiger charge is 2.20. The Bertz CT molecular complexity index is 1610. The summed E-state index contributed by atoms with van der Waals surface area (Å²) in [6.07, 6.45) is 5.51. The van der Waals surface area contributed by atoms with Gasteiger partial charge < -0.3 is 11.1 Å². The summed E-state index contributed by atoms with van der Waals surface area (Å²) in [5.41, 5.74) is 11.2. The molecule has 0 spiro atoms. The second-order valence-electron chi connectivity index (χ2n) is 9.43. The predicted molar refractivity (Wildman–Crippen MR) is 147 cm³/mol. The number of nitrogen functional groups attached to an aromatic ring is 1. The predicted octanol–water partition coefficient (Wildman–Crippen LogP) is 4.41. The average Bonchev–Trinajstić information content (AvgIpc) is 3.34. The lowest BCUT2D eigenvalue weighted by atomic mass is 10.0. The van der Waals surface area contributed by atoms with E-state index in [1.807, 2.05) is 41.0 Å². The fourth-order valence-electron chi connectivity index (χ4n) is 4.97. The van der Waals surface area contributed by atoms with Crippen LogP contribution in [0.1, 0.15) is 24.1 Å².